The lowest BCUT2D eigenvalue weighted by Gasteiger charge is -2.27. The maximum absolute atomic E-state index is 14.5. The maximum atomic E-state index is 14.5. The van der Waals surface area contributed by atoms with Gasteiger partial charge in [-0.2, -0.15) is 5.26 Å². The number of fused-ring (bicyclic) bond motifs is 2. The zero-order valence-corrected chi connectivity index (χ0v) is 23.4. The first-order chi connectivity index (χ1) is 18.0. The number of ether oxygens (including phenoxy) is 1. The minimum Gasteiger partial charge on any atom is -0.494 e. The minimum absolute atomic E-state index is 0.140. The fourth-order valence-corrected chi connectivity index (χ4v) is 6.68. The third-order valence-corrected chi connectivity index (χ3v) is 8.61. The van der Waals surface area contributed by atoms with Crippen LogP contribution in [0.15, 0.2) is 47.6 Å². The fraction of sp³-hybridized carbons (Fsp3) is 0.300. The lowest BCUT2D eigenvalue weighted by molar-refractivity contribution is 0.386. The molecule has 0 unspecified atom stereocenters. The molecule has 6 nitrogen and oxygen atoms in total. The molecule has 0 N–H and O–H groups in total. The van der Waals surface area contributed by atoms with Gasteiger partial charge in [0, 0.05) is 58.2 Å². The van der Waals surface area contributed by atoms with Crippen LogP contribution in [-0.2, 0) is 16.5 Å². The molecule has 38 heavy (non-hydrogen) atoms. The van der Waals surface area contributed by atoms with Gasteiger partial charge in [0.15, 0.2) is 11.6 Å². The smallest absolute Gasteiger partial charge is 0.165 e. The predicted molar refractivity (Wildman–Crippen MR) is 151 cm³/mol. The number of halogens is 1. The summed E-state index contributed by atoms with van der Waals surface area (Å²) in [5.74, 6) is -0.307. The van der Waals surface area contributed by atoms with Crippen LogP contribution < -0.4 is 10.2 Å². The van der Waals surface area contributed by atoms with Gasteiger partial charge < -0.3 is 13.9 Å². The van der Waals surface area contributed by atoms with Gasteiger partial charge in [-0.3, -0.25) is 9.98 Å². The number of hydrogen-bond donors (Lipinski definition) is 0. The molecule has 0 aliphatic carbocycles. The lowest BCUT2D eigenvalue weighted by Crippen LogP contribution is -2.22. The highest BCUT2D eigenvalue weighted by atomic mass is 31.2. The molecular weight excluding hydrogens is 498 g/mol. The number of hydrogen-bond acceptors (Lipinski definition) is 5. The molecule has 0 amide bonds. The van der Waals surface area contributed by atoms with Crippen LogP contribution >= 0.6 is 7.14 Å². The Morgan fingerprint density at radius 2 is 1.97 bits per heavy atom. The fourth-order valence-electron chi connectivity index (χ4n) is 5.43. The van der Waals surface area contributed by atoms with Crippen molar-refractivity contribution in [1.29, 1.82) is 5.26 Å². The number of nitriles is 1. The van der Waals surface area contributed by atoms with Gasteiger partial charge >= 0.3 is 0 Å². The summed E-state index contributed by atoms with van der Waals surface area (Å²) in [6.07, 6.45) is 3.92. The first-order valence-electron chi connectivity index (χ1n) is 12.4. The Labute approximate surface area is 222 Å². The van der Waals surface area contributed by atoms with E-state index in [0.717, 1.165) is 50.1 Å². The Kier molecular flexibility index (Phi) is 6.28. The molecule has 4 aromatic rings. The molecule has 0 radical (unpaired) electrons. The molecule has 0 spiro atoms. The van der Waals surface area contributed by atoms with Crippen molar-refractivity contribution in [2.24, 2.45) is 4.99 Å². The molecule has 0 bridgehead atoms. The normalized spacial score (nSPS) is 13.1. The second-order valence-corrected chi connectivity index (χ2v) is 14.0. The van der Waals surface area contributed by atoms with Crippen LogP contribution in [0, 0.1) is 24.1 Å². The van der Waals surface area contributed by atoms with Crippen molar-refractivity contribution in [1.82, 2.24) is 9.55 Å². The quantitative estimate of drug-likeness (QED) is 0.267. The Hall–Kier alpha value is -3.75. The van der Waals surface area contributed by atoms with Crippen LogP contribution in [0.2, 0.25) is 0 Å². The van der Waals surface area contributed by atoms with Crippen molar-refractivity contribution < 1.29 is 13.7 Å². The first-order valence-corrected chi connectivity index (χ1v) is 15.0. The minimum atomic E-state index is -2.56. The third kappa shape index (κ3) is 4.23. The average molecular weight is 529 g/mol. The van der Waals surface area contributed by atoms with Gasteiger partial charge in [0.2, 0.25) is 0 Å². The van der Waals surface area contributed by atoms with Crippen LogP contribution in [0.25, 0.3) is 27.7 Å². The molecule has 5 rings (SSSR count). The highest BCUT2D eigenvalue weighted by molar-refractivity contribution is 7.70. The zero-order chi connectivity index (χ0) is 27.4. The molecule has 0 atom stereocenters. The molecule has 0 fully saturated rings. The van der Waals surface area contributed by atoms with E-state index < -0.39 is 18.4 Å². The summed E-state index contributed by atoms with van der Waals surface area (Å²) in [6.45, 7) is 10.1. The van der Waals surface area contributed by atoms with Crippen molar-refractivity contribution >= 4 is 29.7 Å². The summed E-state index contributed by atoms with van der Waals surface area (Å²) in [6, 6.07) is 13.5. The van der Waals surface area contributed by atoms with Gasteiger partial charge in [-0.1, -0.05) is 13.8 Å². The summed E-state index contributed by atoms with van der Waals surface area (Å²) in [7, 11) is -1.12. The van der Waals surface area contributed by atoms with Crippen molar-refractivity contribution in [3.05, 3.63) is 70.8 Å². The second kappa shape index (κ2) is 9.22. The molecule has 1 aliphatic rings. The standard InChI is InChI=1S/C30H30FN4O2P/c1-18-11-21(17-34-29(18)38(5,6)36)27-23-12-19-15-33-16-20(19)13-25(23)35(28(27)30(2,3)9-10-32)22-7-8-24(31)26(14-22)37-4/h7-8,11-14,16-17H,9,15H2,1-6H3. The Morgan fingerprint density at radius 1 is 1.21 bits per heavy atom. The highest BCUT2D eigenvalue weighted by Gasteiger charge is 2.33. The molecule has 3 heterocycles. The van der Waals surface area contributed by atoms with Gasteiger partial charge in [-0.05, 0) is 67.3 Å². The number of pyridine rings is 1. The van der Waals surface area contributed by atoms with Gasteiger partial charge in [-0.15, -0.1) is 0 Å². The largest absolute Gasteiger partial charge is 0.494 e. The average Bonchev–Trinajstić information content (AvgIpc) is 3.44. The number of rotatable bonds is 6. The Balaban J connectivity index is 1.94. The Morgan fingerprint density at radius 3 is 2.63 bits per heavy atom. The van der Waals surface area contributed by atoms with E-state index in [1.54, 1.807) is 31.7 Å². The number of nitrogens with zero attached hydrogens (tertiary/aromatic N) is 4. The van der Waals surface area contributed by atoms with Gasteiger partial charge in [0.05, 0.1) is 25.2 Å². The van der Waals surface area contributed by atoms with E-state index in [0.29, 0.717) is 12.0 Å². The van der Waals surface area contributed by atoms with E-state index >= 15 is 0 Å². The predicted octanol–water partition coefficient (Wildman–Crippen LogP) is 6.52. The van der Waals surface area contributed by atoms with Gasteiger partial charge in [-0.25, -0.2) is 4.39 Å². The molecule has 2 aromatic carbocycles. The van der Waals surface area contributed by atoms with E-state index in [4.69, 9.17) is 4.74 Å². The number of aromatic nitrogens is 2. The molecule has 194 valence electrons. The topological polar surface area (TPSA) is 80.3 Å². The van der Waals surface area contributed by atoms with Crippen molar-refractivity contribution in [2.75, 3.05) is 20.4 Å². The summed E-state index contributed by atoms with van der Waals surface area (Å²) < 4.78 is 34.7. The van der Waals surface area contributed by atoms with Gasteiger partial charge in [0.25, 0.3) is 0 Å². The van der Waals surface area contributed by atoms with Crippen molar-refractivity contribution in [3.63, 3.8) is 0 Å². The SMILES string of the molecule is COc1cc(-n2c(C(C)(C)CC#N)c(-c3cnc(P(C)(C)=O)c(C)c3)c3cc4c(cc32)C=NC4)ccc1F. The number of methoxy groups -OCH3 is 1. The first kappa shape index (κ1) is 25.9. The van der Waals surface area contributed by atoms with Crippen molar-refractivity contribution in [2.45, 2.75) is 39.2 Å². The number of aliphatic imine (C=N–C) groups is 1. The molecule has 0 saturated heterocycles. The van der Waals surface area contributed by atoms with E-state index in [1.165, 1.54) is 13.2 Å². The second-order valence-electron chi connectivity index (χ2n) is 10.8. The summed E-state index contributed by atoms with van der Waals surface area (Å²) >= 11 is 0. The maximum Gasteiger partial charge on any atom is 0.165 e. The summed E-state index contributed by atoms with van der Waals surface area (Å²) in [5.41, 5.74) is 7.40. The van der Waals surface area contributed by atoms with Crippen LogP contribution in [-0.4, -0.2) is 36.2 Å². The monoisotopic (exact) mass is 528 g/mol. The van der Waals surface area contributed by atoms with Crippen LogP contribution in [0.5, 0.6) is 5.75 Å². The molecule has 2 aromatic heterocycles. The summed E-state index contributed by atoms with van der Waals surface area (Å²) in [4.78, 5) is 9.12. The zero-order valence-electron chi connectivity index (χ0n) is 22.5. The molecule has 0 saturated carbocycles. The molecule has 8 heteroatoms. The van der Waals surface area contributed by atoms with E-state index in [2.05, 4.69) is 32.7 Å². The number of aryl methyl sites for hydroxylation is 1. The van der Waals surface area contributed by atoms with E-state index in [9.17, 15) is 14.2 Å². The summed E-state index contributed by atoms with van der Waals surface area (Å²) in [5, 5.41) is 10.8. The van der Waals surface area contributed by atoms with Crippen molar-refractivity contribution in [3.8, 4) is 28.6 Å². The molecule has 1 aliphatic heterocycles. The van der Waals surface area contributed by atoms with Gasteiger partial charge in [0.1, 0.15) is 12.6 Å². The lowest BCUT2D eigenvalue weighted by atomic mass is 9.82. The van der Waals surface area contributed by atoms with Crippen LogP contribution in [0.4, 0.5) is 4.39 Å². The highest BCUT2D eigenvalue weighted by Crippen LogP contribution is 2.46. The van der Waals surface area contributed by atoms with Crippen LogP contribution in [0.1, 0.15) is 42.7 Å². The van der Waals surface area contributed by atoms with Crippen LogP contribution in [0.3, 0.4) is 0 Å². The molecular formula is C30H30FN4O2P. The van der Waals surface area contributed by atoms with E-state index in [1.807, 2.05) is 33.1 Å². The Bertz CT molecular complexity index is 1720. The third-order valence-electron chi connectivity index (χ3n) is 7.12. The number of benzene rings is 2. The van der Waals surface area contributed by atoms with E-state index in [-0.39, 0.29) is 12.2 Å².